The van der Waals surface area contributed by atoms with Crippen molar-refractivity contribution in [3.05, 3.63) is 83.7 Å². The molecule has 6 nitrogen and oxygen atoms in total. The standard InChI is InChI=1S/C30H35N3O3/c1-32-12-9-25(10-13-32)30(34)33-14-15-35-16-17-36-29-8-7-26(27-6-3-11-31-21-27)20-28(29)19-23-4-2-5-24(18-23)22-33/h2-8,11,18,20-21,25H,9-10,12-17,19,22H2,1H3. The highest BCUT2D eigenvalue weighted by molar-refractivity contribution is 5.79. The molecule has 0 atom stereocenters. The summed E-state index contributed by atoms with van der Waals surface area (Å²) in [4.78, 5) is 22.0. The molecule has 0 saturated carbocycles. The van der Waals surface area contributed by atoms with Gasteiger partial charge in [0.25, 0.3) is 0 Å². The van der Waals surface area contributed by atoms with Crippen molar-refractivity contribution in [3.8, 4) is 16.9 Å². The summed E-state index contributed by atoms with van der Waals surface area (Å²) in [7, 11) is 2.13. The largest absolute Gasteiger partial charge is 0.491 e. The van der Waals surface area contributed by atoms with Crippen LogP contribution < -0.4 is 4.74 Å². The fraction of sp³-hybridized carbons (Fsp3) is 0.400. The summed E-state index contributed by atoms with van der Waals surface area (Å²) in [5.74, 6) is 1.24. The summed E-state index contributed by atoms with van der Waals surface area (Å²) in [6.45, 7) is 4.64. The van der Waals surface area contributed by atoms with Crippen LogP contribution in [0.5, 0.6) is 5.75 Å². The summed E-state index contributed by atoms with van der Waals surface area (Å²) < 4.78 is 12.0. The van der Waals surface area contributed by atoms with E-state index < -0.39 is 0 Å². The molecule has 0 spiro atoms. The Hall–Kier alpha value is -3.22. The molecule has 1 aromatic heterocycles. The second-order valence-corrected chi connectivity index (χ2v) is 9.86. The van der Waals surface area contributed by atoms with Gasteiger partial charge in [0.2, 0.25) is 5.91 Å². The van der Waals surface area contributed by atoms with Gasteiger partial charge in [-0.25, -0.2) is 0 Å². The van der Waals surface area contributed by atoms with Gasteiger partial charge in [-0.2, -0.15) is 0 Å². The molecule has 1 fully saturated rings. The Morgan fingerprint density at radius 2 is 1.78 bits per heavy atom. The molecule has 1 saturated heterocycles. The number of carbonyl (C=O) groups excluding carboxylic acids is 1. The van der Waals surface area contributed by atoms with Crippen molar-refractivity contribution in [2.45, 2.75) is 25.8 Å². The molecular formula is C30H35N3O3. The smallest absolute Gasteiger partial charge is 0.226 e. The predicted octanol–water partition coefficient (Wildman–Crippen LogP) is 4.42. The average Bonchev–Trinajstić information content (AvgIpc) is 2.91. The zero-order valence-corrected chi connectivity index (χ0v) is 21.1. The molecule has 2 bridgehead atoms. The third-order valence-electron chi connectivity index (χ3n) is 7.19. The molecule has 3 heterocycles. The van der Waals surface area contributed by atoms with Gasteiger partial charge in [0.05, 0.1) is 13.2 Å². The molecule has 0 radical (unpaired) electrons. The van der Waals surface area contributed by atoms with Crippen LogP contribution in [-0.2, 0) is 22.5 Å². The van der Waals surface area contributed by atoms with Crippen molar-refractivity contribution in [3.63, 3.8) is 0 Å². The van der Waals surface area contributed by atoms with Gasteiger partial charge in [0.1, 0.15) is 12.4 Å². The number of aromatic nitrogens is 1. The number of amides is 1. The fourth-order valence-corrected chi connectivity index (χ4v) is 5.12. The molecule has 1 amide bonds. The lowest BCUT2D eigenvalue weighted by molar-refractivity contribution is -0.138. The Morgan fingerprint density at radius 3 is 2.61 bits per heavy atom. The Morgan fingerprint density at radius 1 is 0.917 bits per heavy atom. The molecule has 2 aliphatic heterocycles. The summed E-state index contributed by atoms with van der Waals surface area (Å²) in [6, 6.07) is 19.0. The Labute approximate surface area is 213 Å². The number of pyridine rings is 1. The maximum Gasteiger partial charge on any atom is 0.226 e. The quantitative estimate of drug-likeness (QED) is 0.538. The van der Waals surface area contributed by atoms with Crippen LogP contribution in [0, 0.1) is 5.92 Å². The lowest BCUT2D eigenvalue weighted by Gasteiger charge is -2.32. The van der Waals surface area contributed by atoms with Crippen LogP contribution >= 0.6 is 0 Å². The van der Waals surface area contributed by atoms with Gasteiger partial charge in [0.15, 0.2) is 0 Å². The highest BCUT2D eigenvalue weighted by Gasteiger charge is 2.27. The molecule has 3 aromatic rings. The maximum absolute atomic E-state index is 13.5. The van der Waals surface area contributed by atoms with Crippen LogP contribution in [0.4, 0.5) is 0 Å². The number of hydrogen-bond donors (Lipinski definition) is 0. The van der Waals surface area contributed by atoms with E-state index in [9.17, 15) is 4.79 Å². The number of ether oxygens (including phenoxy) is 2. The molecule has 2 aliphatic rings. The highest BCUT2D eigenvalue weighted by Crippen LogP contribution is 2.29. The normalized spacial score (nSPS) is 18.1. The number of piperidine rings is 1. The minimum absolute atomic E-state index is 0.101. The van der Waals surface area contributed by atoms with Crippen LogP contribution in [-0.4, -0.2) is 67.2 Å². The third-order valence-corrected chi connectivity index (χ3v) is 7.19. The Kier molecular flexibility index (Phi) is 7.94. The zero-order valence-electron chi connectivity index (χ0n) is 21.1. The number of likely N-dealkylation sites (tertiary alicyclic amines) is 1. The number of carbonyl (C=O) groups is 1. The number of fused-ring (bicyclic) bond motifs is 3. The van der Waals surface area contributed by atoms with Gasteiger partial charge in [-0.15, -0.1) is 0 Å². The highest BCUT2D eigenvalue weighted by atomic mass is 16.5. The first kappa shape index (κ1) is 24.5. The Bertz CT molecular complexity index is 1160. The van der Waals surface area contributed by atoms with E-state index in [0.717, 1.165) is 60.4 Å². The maximum atomic E-state index is 13.5. The number of nitrogens with zero attached hydrogens (tertiary/aromatic N) is 3. The molecule has 0 aliphatic carbocycles. The number of hydrogen-bond acceptors (Lipinski definition) is 5. The van der Waals surface area contributed by atoms with Gasteiger partial charge < -0.3 is 19.3 Å². The van der Waals surface area contributed by atoms with E-state index in [-0.39, 0.29) is 11.8 Å². The van der Waals surface area contributed by atoms with E-state index in [4.69, 9.17) is 9.47 Å². The van der Waals surface area contributed by atoms with E-state index in [1.165, 1.54) is 5.56 Å². The summed E-state index contributed by atoms with van der Waals surface area (Å²) >= 11 is 0. The summed E-state index contributed by atoms with van der Waals surface area (Å²) in [5.41, 5.74) is 5.69. The van der Waals surface area contributed by atoms with Gasteiger partial charge in [-0.3, -0.25) is 9.78 Å². The fourth-order valence-electron chi connectivity index (χ4n) is 5.12. The van der Waals surface area contributed by atoms with Crippen molar-refractivity contribution in [1.29, 1.82) is 0 Å². The first-order valence-corrected chi connectivity index (χ1v) is 12.9. The van der Waals surface area contributed by atoms with Crippen molar-refractivity contribution in [2.24, 2.45) is 5.92 Å². The number of benzene rings is 2. The minimum atomic E-state index is 0.101. The third kappa shape index (κ3) is 6.12. The van der Waals surface area contributed by atoms with Crippen LogP contribution in [0.3, 0.4) is 0 Å². The molecule has 6 heteroatoms. The van der Waals surface area contributed by atoms with Crippen molar-refractivity contribution < 1.29 is 14.3 Å². The Balaban J connectivity index is 1.40. The van der Waals surface area contributed by atoms with Gasteiger partial charge in [0, 0.05) is 43.4 Å². The topological polar surface area (TPSA) is 54.9 Å². The van der Waals surface area contributed by atoms with Gasteiger partial charge in [-0.05, 0) is 73.4 Å². The average molecular weight is 486 g/mol. The van der Waals surface area contributed by atoms with Gasteiger partial charge >= 0.3 is 0 Å². The van der Waals surface area contributed by atoms with E-state index in [2.05, 4.69) is 65.5 Å². The van der Waals surface area contributed by atoms with Crippen LogP contribution in [0.15, 0.2) is 67.0 Å². The van der Waals surface area contributed by atoms with Crippen LogP contribution in [0.2, 0.25) is 0 Å². The molecule has 36 heavy (non-hydrogen) atoms. The monoisotopic (exact) mass is 485 g/mol. The molecule has 5 rings (SSSR count). The van der Waals surface area contributed by atoms with Gasteiger partial charge in [-0.1, -0.05) is 36.4 Å². The van der Waals surface area contributed by atoms with Crippen molar-refractivity contribution in [1.82, 2.24) is 14.8 Å². The molecule has 0 unspecified atom stereocenters. The minimum Gasteiger partial charge on any atom is -0.491 e. The molecule has 0 N–H and O–H groups in total. The van der Waals surface area contributed by atoms with E-state index in [1.807, 2.05) is 17.2 Å². The molecular weight excluding hydrogens is 450 g/mol. The molecule has 2 aromatic carbocycles. The van der Waals surface area contributed by atoms with E-state index in [1.54, 1.807) is 6.20 Å². The van der Waals surface area contributed by atoms with E-state index in [0.29, 0.717) is 32.9 Å². The summed E-state index contributed by atoms with van der Waals surface area (Å²) in [6.07, 6.45) is 6.28. The lowest BCUT2D eigenvalue weighted by Crippen LogP contribution is -2.42. The van der Waals surface area contributed by atoms with Crippen LogP contribution in [0.25, 0.3) is 11.1 Å². The second kappa shape index (κ2) is 11.7. The molecule has 188 valence electrons. The zero-order chi connectivity index (χ0) is 24.7. The predicted molar refractivity (Wildman–Crippen MR) is 141 cm³/mol. The van der Waals surface area contributed by atoms with E-state index >= 15 is 0 Å². The first-order chi connectivity index (χ1) is 17.7. The van der Waals surface area contributed by atoms with Crippen molar-refractivity contribution in [2.75, 3.05) is 46.5 Å². The second-order valence-electron chi connectivity index (χ2n) is 9.86. The lowest BCUT2D eigenvalue weighted by atomic mass is 9.95. The summed E-state index contributed by atoms with van der Waals surface area (Å²) in [5, 5.41) is 0. The van der Waals surface area contributed by atoms with Crippen LogP contribution in [0.1, 0.15) is 29.5 Å². The first-order valence-electron chi connectivity index (χ1n) is 12.9. The van der Waals surface area contributed by atoms with Crippen molar-refractivity contribution >= 4 is 5.91 Å². The number of rotatable bonds is 2. The SMILES string of the molecule is CN1CCC(C(=O)N2CCOCCOc3ccc(-c4cccnc4)cc3Cc3cccc(c3)C2)CC1.